The summed E-state index contributed by atoms with van der Waals surface area (Å²) in [5, 5.41) is 12.9. The van der Waals surface area contributed by atoms with Gasteiger partial charge in [-0.2, -0.15) is 4.98 Å². The molecule has 100 valence electrons. The van der Waals surface area contributed by atoms with Crippen molar-refractivity contribution in [3.63, 3.8) is 0 Å². The van der Waals surface area contributed by atoms with Crippen molar-refractivity contribution in [1.29, 1.82) is 0 Å². The Bertz CT molecular complexity index is 445. The molecule has 0 bridgehead atoms. The van der Waals surface area contributed by atoms with Crippen LogP contribution in [0, 0.1) is 0 Å². The summed E-state index contributed by atoms with van der Waals surface area (Å²) in [6, 6.07) is 0. The lowest BCUT2D eigenvalue weighted by molar-refractivity contribution is -0.142. The minimum atomic E-state index is -1.15. The predicted molar refractivity (Wildman–Crippen MR) is 62.8 cm³/mol. The van der Waals surface area contributed by atoms with E-state index in [4.69, 9.17) is 15.4 Å². The Balaban J connectivity index is 1.97. The number of nitrogens with zero attached hydrogens (tertiary/aromatic N) is 3. The summed E-state index contributed by atoms with van der Waals surface area (Å²) in [7, 11) is 0. The van der Waals surface area contributed by atoms with Gasteiger partial charge in [-0.25, -0.2) is 0 Å². The molecule has 2 heterocycles. The van der Waals surface area contributed by atoms with Gasteiger partial charge in [-0.15, -0.1) is 0 Å². The molecular formula is C11H18N4O3. The molecular weight excluding hydrogens is 236 g/mol. The van der Waals surface area contributed by atoms with Crippen LogP contribution in [-0.4, -0.2) is 44.7 Å². The molecule has 1 unspecified atom stereocenters. The molecule has 18 heavy (non-hydrogen) atoms. The lowest BCUT2D eigenvalue weighted by atomic mass is 10.0. The maximum Gasteiger partial charge on any atom is 0.325 e. The van der Waals surface area contributed by atoms with Crippen LogP contribution in [0.2, 0.25) is 0 Å². The van der Waals surface area contributed by atoms with Gasteiger partial charge in [0.15, 0.2) is 5.82 Å². The van der Waals surface area contributed by atoms with Gasteiger partial charge in [0.05, 0.1) is 6.54 Å². The number of aliphatic carboxylic acids is 1. The van der Waals surface area contributed by atoms with E-state index in [0.29, 0.717) is 37.8 Å². The average Bonchev–Trinajstić information content (AvgIpc) is 2.87. The number of hydrogen-bond donors (Lipinski definition) is 2. The molecule has 1 fully saturated rings. The highest BCUT2D eigenvalue weighted by atomic mass is 16.5. The lowest BCUT2D eigenvalue weighted by Gasteiger charge is -2.18. The number of hydrogen-bond acceptors (Lipinski definition) is 6. The van der Waals surface area contributed by atoms with E-state index in [9.17, 15) is 4.79 Å². The van der Waals surface area contributed by atoms with Crippen LogP contribution in [0.25, 0.3) is 0 Å². The van der Waals surface area contributed by atoms with Crippen LogP contribution in [-0.2, 0) is 11.3 Å². The number of carbonyl (C=O) groups is 1. The largest absolute Gasteiger partial charge is 0.480 e. The van der Waals surface area contributed by atoms with Crippen molar-refractivity contribution in [2.75, 3.05) is 13.1 Å². The average molecular weight is 254 g/mol. The van der Waals surface area contributed by atoms with Crippen LogP contribution >= 0.6 is 0 Å². The Morgan fingerprint density at radius 2 is 2.39 bits per heavy atom. The molecule has 0 radical (unpaired) electrons. The van der Waals surface area contributed by atoms with E-state index >= 15 is 0 Å². The minimum Gasteiger partial charge on any atom is -0.480 e. The summed E-state index contributed by atoms with van der Waals surface area (Å²) in [6.45, 7) is 5.37. The highest BCUT2D eigenvalue weighted by Gasteiger charge is 2.41. The van der Waals surface area contributed by atoms with Crippen LogP contribution in [0.5, 0.6) is 0 Å². The van der Waals surface area contributed by atoms with E-state index in [1.54, 1.807) is 0 Å². The fraction of sp³-hybridized carbons (Fsp3) is 0.727. The van der Waals surface area contributed by atoms with Gasteiger partial charge in [-0.05, 0) is 6.42 Å². The van der Waals surface area contributed by atoms with Crippen molar-refractivity contribution in [3.05, 3.63) is 11.7 Å². The van der Waals surface area contributed by atoms with Crippen LogP contribution < -0.4 is 5.73 Å². The quantitative estimate of drug-likeness (QED) is 0.789. The van der Waals surface area contributed by atoms with Gasteiger partial charge in [0.25, 0.3) is 0 Å². The highest BCUT2D eigenvalue weighted by molar-refractivity contribution is 5.79. The summed E-state index contributed by atoms with van der Waals surface area (Å²) >= 11 is 0. The number of likely N-dealkylation sites (tertiary alicyclic amines) is 1. The van der Waals surface area contributed by atoms with Crippen LogP contribution in [0.15, 0.2) is 4.52 Å². The third kappa shape index (κ3) is 2.51. The second kappa shape index (κ2) is 4.66. The molecule has 0 saturated carbocycles. The molecule has 0 spiro atoms. The Morgan fingerprint density at radius 3 is 2.89 bits per heavy atom. The van der Waals surface area contributed by atoms with Gasteiger partial charge in [0.1, 0.15) is 5.54 Å². The van der Waals surface area contributed by atoms with E-state index in [-0.39, 0.29) is 5.92 Å². The summed E-state index contributed by atoms with van der Waals surface area (Å²) in [5.41, 5.74) is 4.65. The zero-order valence-corrected chi connectivity index (χ0v) is 10.6. The second-order valence-electron chi connectivity index (χ2n) is 5.13. The molecule has 1 atom stereocenters. The van der Waals surface area contributed by atoms with Crippen molar-refractivity contribution < 1.29 is 14.4 Å². The first-order chi connectivity index (χ1) is 8.40. The molecule has 7 heteroatoms. The highest BCUT2D eigenvalue weighted by Crippen LogP contribution is 2.21. The van der Waals surface area contributed by atoms with E-state index in [2.05, 4.69) is 10.1 Å². The molecule has 7 nitrogen and oxygen atoms in total. The van der Waals surface area contributed by atoms with Crippen molar-refractivity contribution in [1.82, 2.24) is 15.0 Å². The van der Waals surface area contributed by atoms with Crippen LogP contribution in [0.4, 0.5) is 0 Å². The smallest absolute Gasteiger partial charge is 0.325 e. The Kier molecular flexibility index (Phi) is 3.36. The molecule has 1 aromatic rings. The van der Waals surface area contributed by atoms with E-state index in [1.807, 2.05) is 18.7 Å². The van der Waals surface area contributed by atoms with E-state index in [0.717, 1.165) is 0 Å². The number of nitrogens with two attached hydrogens (primary N) is 1. The van der Waals surface area contributed by atoms with E-state index in [1.165, 1.54) is 0 Å². The summed E-state index contributed by atoms with van der Waals surface area (Å²) in [4.78, 5) is 17.2. The molecule has 2 rings (SSSR count). The molecule has 3 N–H and O–H groups in total. The maximum absolute atomic E-state index is 11.0. The summed E-state index contributed by atoms with van der Waals surface area (Å²) < 4.78 is 5.10. The molecule has 1 saturated heterocycles. The Morgan fingerprint density at radius 1 is 1.67 bits per heavy atom. The fourth-order valence-electron chi connectivity index (χ4n) is 1.99. The van der Waals surface area contributed by atoms with Crippen LogP contribution in [0.1, 0.15) is 37.9 Å². The Hall–Kier alpha value is -1.47. The van der Waals surface area contributed by atoms with Crippen molar-refractivity contribution >= 4 is 5.97 Å². The van der Waals surface area contributed by atoms with Gasteiger partial charge in [0, 0.05) is 19.0 Å². The van der Waals surface area contributed by atoms with Crippen molar-refractivity contribution in [2.45, 2.75) is 38.3 Å². The van der Waals surface area contributed by atoms with Crippen molar-refractivity contribution in [3.8, 4) is 0 Å². The molecule has 1 aromatic heterocycles. The first kappa shape index (κ1) is 13.0. The molecule has 1 aliphatic rings. The zero-order valence-electron chi connectivity index (χ0n) is 10.6. The SMILES string of the molecule is CC(C)c1nc(CN2CCC(N)(C(=O)O)C2)no1. The zero-order chi connectivity index (χ0) is 13.3. The van der Waals surface area contributed by atoms with Gasteiger partial charge in [0.2, 0.25) is 5.89 Å². The van der Waals surface area contributed by atoms with Gasteiger partial charge < -0.3 is 15.4 Å². The number of aromatic nitrogens is 2. The predicted octanol–water partition coefficient (Wildman–Crippen LogP) is 0.181. The lowest BCUT2D eigenvalue weighted by Crippen LogP contribution is -2.50. The van der Waals surface area contributed by atoms with E-state index < -0.39 is 11.5 Å². The second-order valence-corrected chi connectivity index (χ2v) is 5.13. The minimum absolute atomic E-state index is 0.192. The van der Waals surface area contributed by atoms with Gasteiger partial charge in [-0.1, -0.05) is 19.0 Å². The van der Waals surface area contributed by atoms with Gasteiger partial charge in [-0.3, -0.25) is 9.69 Å². The summed E-state index contributed by atoms with van der Waals surface area (Å²) in [5.74, 6) is 0.410. The summed E-state index contributed by atoms with van der Waals surface area (Å²) in [6.07, 6.45) is 0.442. The first-order valence-corrected chi connectivity index (χ1v) is 5.98. The number of rotatable bonds is 4. The monoisotopic (exact) mass is 254 g/mol. The van der Waals surface area contributed by atoms with Crippen LogP contribution in [0.3, 0.4) is 0 Å². The number of carboxylic acids is 1. The third-order valence-corrected chi connectivity index (χ3v) is 3.15. The molecule has 0 amide bonds. The Labute approximate surface area is 105 Å². The maximum atomic E-state index is 11.0. The fourth-order valence-corrected chi connectivity index (χ4v) is 1.99. The molecule has 0 aliphatic carbocycles. The van der Waals surface area contributed by atoms with Crippen molar-refractivity contribution in [2.24, 2.45) is 5.73 Å². The first-order valence-electron chi connectivity index (χ1n) is 5.98. The normalized spacial score (nSPS) is 24.9. The molecule has 1 aliphatic heterocycles. The molecule has 0 aromatic carbocycles. The topological polar surface area (TPSA) is 105 Å². The standard InChI is InChI=1S/C11H18N4O3/c1-7(2)9-13-8(14-18-9)5-15-4-3-11(12,6-15)10(16)17/h7H,3-6,12H2,1-2H3,(H,16,17). The number of carboxylic acid groups (broad SMARTS) is 1. The third-order valence-electron chi connectivity index (χ3n) is 3.15. The van der Waals surface area contributed by atoms with Gasteiger partial charge >= 0.3 is 5.97 Å².